The number of nitrogens with zero attached hydrogens (tertiary/aromatic N) is 2. The highest BCUT2D eigenvalue weighted by atomic mass is 16.5. The van der Waals surface area contributed by atoms with Gasteiger partial charge in [0.25, 0.3) is 5.91 Å². The van der Waals surface area contributed by atoms with Crippen LogP contribution in [0.1, 0.15) is 10.5 Å². The number of methoxy groups -OCH3 is 2. The van der Waals surface area contributed by atoms with Gasteiger partial charge in [0.2, 0.25) is 0 Å². The van der Waals surface area contributed by atoms with Gasteiger partial charge in [0, 0.05) is 31.0 Å². The zero-order valence-electron chi connectivity index (χ0n) is 15.8. The van der Waals surface area contributed by atoms with Crippen molar-refractivity contribution in [3.63, 3.8) is 0 Å². The van der Waals surface area contributed by atoms with E-state index in [1.807, 2.05) is 54.6 Å². The third-order valence-electron chi connectivity index (χ3n) is 3.94. The lowest BCUT2D eigenvalue weighted by molar-refractivity contribution is 0.0932. The van der Waals surface area contributed by atoms with E-state index < -0.39 is 0 Å². The molecule has 0 saturated heterocycles. The monoisotopic (exact) mass is 378 g/mol. The average Bonchev–Trinajstić information content (AvgIpc) is 2.75. The van der Waals surface area contributed by atoms with E-state index in [0.717, 1.165) is 17.0 Å². The summed E-state index contributed by atoms with van der Waals surface area (Å²) in [7, 11) is 3.20. The van der Waals surface area contributed by atoms with Crippen LogP contribution in [0.5, 0.6) is 5.75 Å². The van der Waals surface area contributed by atoms with E-state index in [0.29, 0.717) is 24.8 Å². The lowest BCUT2D eigenvalue weighted by atomic mass is 10.2. The second-order valence-electron chi connectivity index (χ2n) is 5.93. The van der Waals surface area contributed by atoms with Gasteiger partial charge < -0.3 is 20.1 Å². The predicted octanol–water partition coefficient (Wildman–Crippen LogP) is 3.27. The van der Waals surface area contributed by atoms with Gasteiger partial charge in [-0.1, -0.05) is 30.3 Å². The fourth-order valence-electron chi connectivity index (χ4n) is 2.52. The fourth-order valence-corrected chi connectivity index (χ4v) is 2.52. The lowest BCUT2D eigenvalue weighted by Gasteiger charge is -2.11. The van der Waals surface area contributed by atoms with Crippen molar-refractivity contribution in [3.05, 3.63) is 66.4 Å². The van der Waals surface area contributed by atoms with Gasteiger partial charge in [0.15, 0.2) is 5.82 Å². The highest BCUT2D eigenvalue weighted by Gasteiger charge is 2.13. The molecule has 1 amide bonds. The van der Waals surface area contributed by atoms with E-state index in [2.05, 4.69) is 20.6 Å². The molecule has 0 aliphatic rings. The second kappa shape index (κ2) is 9.48. The van der Waals surface area contributed by atoms with Gasteiger partial charge in [0.05, 0.1) is 13.7 Å². The molecule has 0 unspecified atom stereocenters. The van der Waals surface area contributed by atoms with E-state index in [1.54, 1.807) is 20.3 Å². The molecule has 0 spiro atoms. The molecule has 0 fully saturated rings. The maximum Gasteiger partial charge on any atom is 0.270 e. The molecule has 0 bridgehead atoms. The molecule has 7 heteroatoms. The van der Waals surface area contributed by atoms with Gasteiger partial charge in [-0.15, -0.1) is 0 Å². The van der Waals surface area contributed by atoms with Crippen molar-refractivity contribution >= 4 is 17.4 Å². The normalized spacial score (nSPS) is 10.4. The summed E-state index contributed by atoms with van der Waals surface area (Å²) in [5.74, 6) is 1.47. The molecule has 28 heavy (non-hydrogen) atoms. The van der Waals surface area contributed by atoms with Gasteiger partial charge in [-0.2, -0.15) is 0 Å². The smallest absolute Gasteiger partial charge is 0.270 e. The molecule has 144 valence electrons. The molecule has 0 aliphatic heterocycles. The Bertz CT molecular complexity index is 915. The molecular weight excluding hydrogens is 356 g/mol. The number of carbonyl (C=O) groups is 1. The molecule has 3 rings (SSSR count). The number of rotatable bonds is 8. The molecular formula is C21H22N4O3. The molecule has 1 heterocycles. The van der Waals surface area contributed by atoms with Gasteiger partial charge in [-0.3, -0.25) is 4.79 Å². The Balaban J connectivity index is 1.91. The largest absolute Gasteiger partial charge is 0.497 e. The van der Waals surface area contributed by atoms with Crippen LogP contribution in [0.15, 0.2) is 60.7 Å². The minimum Gasteiger partial charge on any atom is -0.497 e. The van der Waals surface area contributed by atoms with E-state index in [4.69, 9.17) is 9.47 Å². The number of anilines is 2. The van der Waals surface area contributed by atoms with Gasteiger partial charge >= 0.3 is 0 Å². The fraction of sp³-hybridized carbons (Fsp3) is 0.190. The Morgan fingerprint density at radius 3 is 2.43 bits per heavy atom. The van der Waals surface area contributed by atoms with Crippen molar-refractivity contribution in [1.82, 2.24) is 15.3 Å². The second-order valence-corrected chi connectivity index (χ2v) is 5.93. The number of aromatic nitrogens is 2. The van der Waals surface area contributed by atoms with Crippen LogP contribution in [0, 0.1) is 0 Å². The Labute approximate surface area is 163 Å². The van der Waals surface area contributed by atoms with Crippen molar-refractivity contribution < 1.29 is 14.3 Å². The number of ether oxygens (including phenoxy) is 2. The van der Waals surface area contributed by atoms with Gasteiger partial charge in [-0.05, 0) is 24.3 Å². The zero-order chi connectivity index (χ0) is 19.8. The summed E-state index contributed by atoms with van der Waals surface area (Å²) in [6.45, 7) is 0.834. The first-order valence-electron chi connectivity index (χ1n) is 8.82. The van der Waals surface area contributed by atoms with Crippen molar-refractivity contribution in [2.24, 2.45) is 0 Å². The number of hydrogen-bond donors (Lipinski definition) is 2. The van der Waals surface area contributed by atoms with Gasteiger partial charge in [-0.25, -0.2) is 9.97 Å². The number of hydrogen-bond acceptors (Lipinski definition) is 6. The summed E-state index contributed by atoms with van der Waals surface area (Å²) in [6, 6.07) is 18.6. The summed E-state index contributed by atoms with van der Waals surface area (Å²) in [5, 5.41) is 6.00. The van der Waals surface area contributed by atoms with E-state index in [-0.39, 0.29) is 11.6 Å². The highest BCUT2D eigenvalue weighted by Crippen LogP contribution is 2.22. The average molecular weight is 378 g/mol. The van der Waals surface area contributed by atoms with Crippen LogP contribution in [-0.2, 0) is 4.74 Å². The topological polar surface area (TPSA) is 85.4 Å². The molecule has 3 aromatic rings. The predicted molar refractivity (Wildman–Crippen MR) is 108 cm³/mol. The van der Waals surface area contributed by atoms with Gasteiger partial charge in [0.1, 0.15) is 17.3 Å². The zero-order valence-corrected chi connectivity index (χ0v) is 15.8. The Morgan fingerprint density at radius 2 is 1.75 bits per heavy atom. The minimum absolute atomic E-state index is 0.279. The number of benzene rings is 2. The van der Waals surface area contributed by atoms with E-state index in [9.17, 15) is 4.79 Å². The van der Waals surface area contributed by atoms with Crippen LogP contribution >= 0.6 is 0 Å². The van der Waals surface area contributed by atoms with Crippen molar-refractivity contribution in [2.45, 2.75) is 0 Å². The summed E-state index contributed by atoms with van der Waals surface area (Å²) in [6.07, 6.45) is 0. The SMILES string of the molecule is COCCNC(=O)c1cc(Nc2ccc(OC)cc2)nc(-c2ccccc2)n1. The molecule has 0 radical (unpaired) electrons. The molecule has 2 aromatic carbocycles. The number of carbonyl (C=O) groups excluding carboxylic acids is 1. The molecule has 1 aromatic heterocycles. The summed E-state index contributed by atoms with van der Waals surface area (Å²) in [5.41, 5.74) is 1.93. The third-order valence-corrected chi connectivity index (χ3v) is 3.94. The maximum absolute atomic E-state index is 12.5. The van der Waals surface area contributed by atoms with Crippen LogP contribution in [-0.4, -0.2) is 43.2 Å². The van der Waals surface area contributed by atoms with Crippen LogP contribution < -0.4 is 15.4 Å². The minimum atomic E-state index is -0.283. The van der Waals surface area contributed by atoms with Crippen molar-refractivity contribution in [3.8, 4) is 17.1 Å². The van der Waals surface area contributed by atoms with Crippen LogP contribution in [0.4, 0.5) is 11.5 Å². The molecule has 7 nitrogen and oxygen atoms in total. The first kappa shape index (κ1) is 19.3. The Kier molecular flexibility index (Phi) is 6.54. The van der Waals surface area contributed by atoms with E-state index in [1.165, 1.54) is 0 Å². The molecule has 0 atom stereocenters. The summed E-state index contributed by atoms with van der Waals surface area (Å²) in [4.78, 5) is 21.5. The maximum atomic E-state index is 12.5. The summed E-state index contributed by atoms with van der Waals surface area (Å²) < 4.78 is 10.1. The Hall–Kier alpha value is -3.45. The van der Waals surface area contributed by atoms with Crippen LogP contribution in [0.2, 0.25) is 0 Å². The lowest BCUT2D eigenvalue weighted by Crippen LogP contribution is -2.28. The number of nitrogens with one attached hydrogen (secondary N) is 2. The Morgan fingerprint density at radius 1 is 1.00 bits per heavy atom. The first-order chi connectivity index (χ1) is 13.7. The summed E-state index contributed by atoms with van der Waals surface area (Å²) >= 11 is 0. The number of amides is 1. The third kappa shape index (κ3) is 5.05. The standard InChI is InChI=1S/C21H22N4O3/c1-27-13-12-22-21(26)18-14-19(23-16-8-10-17(28-2)11-9-16)25-20(24-18)15-6-4-3-5-7-15/h3-11,14H,12-13H2,1-2H3,(H,22,26)(H,23,24,25). The van der Waals surface area contributed by atoms with Crippen LogP contribution in [0.3, 0.4) is 0 Å². The molecule has 2 N–H and O–H groups in total. The quantitative estimate of drug-likeness (QED) is 0.585. The molecule has 0 aliphatic carbocycles. The first-order valence-corrected chi connectivity index (χ1v) is 8.82. The van der Waals surface area contributed by atoms with E-state index >= 15 is 0 Å². The van der Waals surface area contributed by atoms with Crippen molar-refractivity contribution in [1.29, 1.82) is 0 Å². The molecule has 0 saturated carbocycles. The van der Waals surface area contributed by atoms with Crippen LogP contribution in [0.25, 0.3) is 11.4 Å². The van der Waals surface area contributed by atoms with Crippen molar-refractivity contribution in [2.75, 3.05) is 32.7 Å². The highest BCUT2D eigenvalue weighted by molar-refractivity contribution is 5.93.